The van der Waals surface area contributed by atoms with Gasteiger partial charge in [-0.1, -0.05) is 41.8 Å². The molecule has 3 nitrogen and oxygen atoms in total. The van der Waals surface area contributed by atoms with E-state index in [-0.39, 0.29) is 10.2 Å². The van der Waals surface area contributed by atoms with Gasteiger partial charge >= 0.3 is 0 Å². The van der Waals surface area contributed by atoms with Crippen LogP contribution in [-0.2, 0) is 0 Å². The summed E-state index contributed by atoms with van der Waals surface area (Å²) in [6.45, 7) is 6.80. The Balaban J connectivity index is 3.84. The van der Waals surface area contributed by atoms with E-state index in [4.69, 9.17) is 5.53 Å². The summed E-state index contributed by atoms with van der Waals surface area (Å²) >= 11 is 3.43. The van der Waals surface area contributed by atoms with E-state index in [9.17, 15) is 0 Å². The second-order valence-corrected chi connectivity index (χ2v) is 4.35. The summed E-state index contributed by atoms with van der Waals surface area (Å²) < 4.78 is 0. The summed E-state index contributed by atoms with van der Waals surface area (Å²) in [5.74, 6) is 0. The molecule has 0 radical (unpaired) electrons. The zero-order valence-electron chi connectivity index (χ0n) is 6.50. The lowest BCUT2D eigenvalue weighted by atomic mass is 9.92. The van der Waals surface area contributed by atoms with Gasteiger partial charge in [-0.05, 0) is 10.9 Å². The molecule has 0 amide bonds. The van der Waals surface area contributed by atoms with E-state index in [0.717, 1.165) is 0 Å². The first-order valence-electron chi connectivity index (χ1n) is 3.13. The number of alkyl halides is 1. The van der Waals surface area contributed by atoms with Gasteiger partial charge in [0.25, 0.3) is 0 Å². The van der Waals surface area contributed by atoms with Crippen molar-refractivity contribution in [3.8, 4) is 0 Å². The van der Waals surface area contributed by atoms with E-state index in [2.05, 4.69) is 46.7 Å². The lowest BCUT2D eigenvalue weighted by Crippen LogP contribution is -2.22. The first-order valence-corrected chi connectivity index (χ1v) is 4.05. The van der Waals surface area contributed by atoms with Crippen molar-refractivity contribution in [1.29, 1.82) is 0 Å². The monoisotopic (exact) mass is 205 g/mol. The van der Waals surface area contributed by atoms with Gasteiger partial charge in [0.15, 0.2) is 0 Å². The van der Waals surface area contributed by atoms with Gasteiger partial charge in [-0.2, -0.15) is 0 Å². The molecule has 0 aromatic carbocycles. The fourth-order valence-corrected chi connectivity index (χ4v) is 0.512. The molecule has 1 unspecified atom stereocenters. The van der Waals surface area contributed by atoms with Crippen LogP contribution in [0.4, 0.5) is 0 Å². The summed E-state index contributed by atoms with van der Waals surface area (Å²) in [4.78, 5) is 2.94. The van der Waals surface area contributed by atoms with Crippen LogP contribution in [0.15, 0.2) is 5.11 Å². The smallest absolute Gasteiger partial charge is 0.0388 e. The maximum atomic E-state index is 8.02. The number of hydrogen-bond acceptors (Lipinski definition) is 1. The Hall–Kier alpha value is -0.210. The van der Waals surface area contributed by atoms with E-state index in [0.29, 0.717) is 6.54 Å². The number of hydrogen-bond donors (Lipinski definition) is 0. The van der Waals surface area contributed by atoms with Gasteiger partial charge in [-0.15, -0.1) is 0 Å². The summed E-state index contributed by atoms with van der Waals surface area (Å²) in [6, 6.07) is 0. The molecule has 0 aliphatic carbocycles. The maximum Gasteiger partial charge on any atom is 0.0388 e. The molecule has 0 aliphatic rings. The number of azide groups is 1. The number of halogens is 1. The molecule has 0 aromatic heterocycles. The van der Waals surface area contributed by atoms with Crippen molar-refractivity contribution in [2.45, 2.75) is 25.6 Å². The van der Waals surface area contributed by atoms with E-state index in [1.54, 1.807) is 0 Å². The topological polar surface area (TPSA) is 48.8 Å². The van der Waals surface area contributed by atoms with Gasteiger partial charge in [-0.25, -0.2) is 0 Å². The molecule has 0 bridgehead atoms. The van der Waals surface area contributed by atoms with Crippen LogP contribution in [0.5, 0.6) is 0 Å². The molecule has 4 heteroatoms. The molecular formula is C6H12BrN3. The van der Waals surface area contributed by atoms with E-state index >= 15 is 0 Å². The molecule has 0 N–H and O–H groups in total. The van der Waals surface area contributed by atoms with Crippen LogP contribution in [0.3, 0.4) is 0 Å². The second kappa shape index (κ2) is 3.84. The fourth-order valence-electron chi connectivity index (χ4n) is 0.382. The highest BCUT2D eigenvalue weighted by Gasteiger charge is 2.20. The van der Waals surface area contributed by atoms with Gasteiger partial charge in [0.1, 0.15) is 0 Å². The summed E-state index contributed by atoms with van der Waals surface area (Å²) in [5, 5.41) is 3.47. The third-order valence-corrected chi connectivity index (χ3v) is 2.91. The molecule has 0 saturated carbocycles. The van der Waals surface area contributed by atoms with Crippen LogP contribution in [0.25, 0.3) is 10.4 Å². The van der Waals surface area contributed by atoms with Gasteiger partial charge in [0.2, 0.25) is 0 Å². The van der Waals surface area contributed by atoms with E-state index < -0.39 is 0 Å². The lowest BCUT2D eigenvalue weighted by molar-refractivity contribution is 0.404. The molecular weight excluding hydrogens is 194 g/mol. The van der Waals surface area contributed by atoms with Gasteiger partial charge in [0.05, 0.1) is 0 Å². The van der Waals surface area contributed by atoms with Crippen molar-refractivity contribution in [1.82, 2.24) is 0 Å². The summed E-state index contributed by atoms with van der Waals surface area (Å²) in [5.41, 5.74) is 8.18. The first kappa shape index (κ1) is 9.79. The van der Waals surface area contributed by atoms with Crippen molar-refractivity contribution in [2.75, 3.05) is 6.54 Å². The van der Waals surface area contributed by atoms with Crippen LogP contribution >= 0.6 is 15.9 Å². The van der Waals surface area contributed by atoms with Crippen LogP contribution in [-0.4, -0.2) is 11.4 Å². The van der Waals surface area contributed by atoms with Crippen molar-refractivity contribution >= 4 is 15.9 Å². The zero-order valence-corrected chi connectivity index (χ0v) is 8.09. The van der Waals surface area contributed by atoms with Gasteiger partial charge in [0, 0.05) is 16.3 Å². The Morgan fingerprint density at radius 2 is 2.10 bits per heavy atom. The van der Waals surface area contributed by atoms with Crippen molar-refractivity contribution in [3.05, 3.63) is 10.4 Å². The second-order valence-electron chi connectivity index (χ2n) is 3.25. The molecule has 1 atom stereocenters. The third-order valence-electron chi connectivity index (χ3n) is 1.24. The van der Waals surface area contributed by atoms with Crippen LogP contribution in [0.2, 0.25) is 0 Å². The number of rotatable bonds is 2. The minimum atomic E-state index is 0.161. The Bertz CT molecular complexity index is 144. The Labute approximate surface area is 69.6 Å². The molecule has 0 aromatic rings. The standard InChI is InChI=1S/C6H12BrN3/c1-6(2,3)5(7)4-9-10-8/h5H,4H2,1-3H3. The Morgan fingerprint density at radius 1 is 1.60 bits per heavy atom. The maximum absolute atomic E-state index is 8.02. The average Bonchev–Trinajstić information content (AvgIpc) is 1.80. The molecule has 0 heterocycles. The normalized spacial score (nSPS) is 14.0. The predicted octanol–water partition coefficient (Wildman–Crippen LogP) is 3.11. The minimum absolute atomic E-state index is 0.161. The van der Waals surface area contributed by atoms with E-state index in [1.165, 1.54) is 0 Å². The highest BCUT2D eigenvalue weighted by atomic mass is 79.9. The average molecular weight is 206 g/mol. The molecule has 0 aliphatic heterocycles. The molecule has 58 valence electrons. The Morgan fingerprint density at radius 3 is 2.40 bits per heavy atom. The molecule has 0 fully saturated rings. The van der Waals surface area contributed by atoms with Crippen molar-refractivity contribution in [3.63, 3.8) is 0 Å². The molecule has 0 spiro atoms. The van der Waals surface area contributed by atoms with Gasteiger partial charge < -0.3 is 0 Å². The fraction of sp³-hybridized carbons (Fsp3) is 1.00. The van der Waals surface area contributed by atoms with E-state index in [1.807, 2.05) is 0 Å². The highest BCUT2D eigenvalue weighted by Crippen LogP contribution is 2.25. The molecule has 0 rings (SSSR count). The van der Waals surface area contributed by atoms with Crippen molar-refractivity contribution in [2.24, 2.45) is 10.5 Å². The largest absolute Gasteiger partial charge is 0.0928 e. The summed E-state index contributed by atoms with van der Waals surface area (Å²) in [6.07, 6.45) is 0. The lowest BCUT2D eigenvalue weighted by Gasteiger charge is -2.23. The molecule has 0 saturated heterocycles. The van der Waals surface area contributed by atoms with Crippen LogP contribution in [0, 0.1) is 5.41 Å². The zero-order chi connectivity index (χ0) is 8.20. The summed E-state index contributed by atoms with van der Waals surface area (Å²) in [7, 11) is 0. The minimum Gasteiger partial charge on any atom is -0.0928 e. The Kier molecular flexibility index (Phi) is 3.76. The molecule has 10 heavy (non-hydrogen) atoms. The third kappa shape index (κ3) is 3.75. The van der Waals surface area contributed by atoms with Crippen LogP contribution < -0.4 is 0 Å². The van der Waals surface area contributed by atoms with Gasteiger partial charge in [-0.3, -0.25) is 0 Å². The van der Waals surface area contributed by atoms with Crippen LogP contribution in [0.1, 0.15) is 20.8 Å². The SMILES string of the molecule is CC(C)(C)C(Br)CN=[N+]=[N-]. The highest BCUT2D eigenvalue weighted by molar-refractivity contribution is 9.09. The quantitative estimate of drug-likeness (QED) is 0.288. The number of nitrogens with zero attached hydrogens (tertiary/aromatic N) is 3. The van der Waals surface area contributed by atoms with Crippen molar-refractivity contribution < 1.29 is 0 Å². The predicted molar refractivity (Wildman–Crippen MR) is 46.2 cm³/mol. The first-order chi connectivity index (χ1) is 4.48.